The van der Waals surface area contributed by atoms with Crippen LogP contribution in [0.25, 0.3) is 11.4 Å². The summed E-state index contributed by atoms with van der Waals surface area (Å²) in [6, 6.07) is 5.17. The molecule has 0 spiro atoms. The molecule has 0 radical (unpaired) electrons. The Kier molecular flexibility index (Phi) is 7.30. The lowest BCUT2D eigenvalue weighted by molar-refractivity contribution is -0.390. The van der Waals surface area contributed by atoms with Crippen LogP contribution < -0.4 is 4.74 Å². The maximum atomic E-state index is 14.3. The number of imidazole rings is 1. The summed E-state index contributed by atoms with van der Waals surface area (Å²) in [5, 5.41) is 15.0. The number of hydrogen-bond donors (Lipinski definition) is 0. The third kappa shape index (κ3) is 5.63. The van der Waals surface area contributed by atoms with Crippen molar-refractivity contribution >= 4 is 21.7 Å². The third-order valence-corrected chi connectivity index (χ3v) is 5.89. The van der Waals surface area contributed by atoms with Gasteiger partial charge in [-0.2, -0.15) is 18.3 Å². The van der Waals surface area contributed by atoms with Crippen LogP contribution in [0.3, 0.4) is 0 Å². The summed E-state index contributed by atoms with van der Waals surface area (Å²) in [5.74, 6) is -1.02. The predicted molar refractivity (Wildman–Crippen MR) is 127 cm³/mol. The average molecular weight is 583 g/mol. The highest BCUT2D eigenvalue weighted by atomic mass is 79.9. The molecule has 4 aromatic rings. The Morgan fingerprint density at radius 2 is 2.00 bits per heavy atom. The fourth-order valence-corrected chi connectivity index (χ4v) is 4.12. The topological polar surface area (TPSA) is 101 Å². The Morgan fingerprint density at radius 1 is 1.24 bits per heavy atom. The first-order valence-electron chi connectivity index (χ1n) is 10.9. The van der Waals surface area contributed by atoms with E-state index in [1.807, 2.05) is 0 Å². The molecule has 0 aliphatic heterocycles. The Morgan fingerprint density at radius 3 is 2.68 bits per heavy atom. The van der Waals surface area contributed by atoms with Crippen molar-refractivity contribution in [2.75, 3.05) is 0 Å². The first-order valence-corrected chi connectivity index (χ1v) is 11.7. The Hall–Kier alpha value is -3.81. The lowest BCUT2D eigenvalue weighted by Crippen LogP contribution is -2.12. The molecule has 3 heterocycles. The zero-order valence-electron chi connectivity index (χ0n) is 19.4. The summed E-state index contributed by atoms with van der Waals surface area (Å²) in [5.41, 5.74) is -0.403. The molecule has 0 aliphatic carbocycles. The fourth-order valence-electron chi connectivity index (χ4n) is 3.81. The molecule has 0 fully saturated rings. The molecule has 0 aliphatic rings. The largest absolute Gasteiger partial charge is 0.478 e. The SMILES string of the molecule is CCn1cc(Cn2ccnc2-c2ccc(F)cc2[C@@H](C)Oc2cc(Br)cnc2[N+](=O)[O-])c(C(F)(F)F)n1. The molecular weight excluding hydrogens is 564 g/mol. The van der Waals surface area contributed by atoms with Crippen LogP contribution >= 0.6 is 15.9 Å². The van der Waals surface area contributed by atoms with Crippen molar-refractivity contribution in [1.29, 1.82) is 0 Å². The van der Waals surface area contributed by atoms with E-state index >= 15 is 0 Å². The Balaban J connectivity index is 1.73. The zero-order valence-corrected chi connectivity index (χ0v) is 21.0. The van der Waals surface area contributed by atoms with Gasteiger partial charge in [-0.05, 0) is 57.9 Å². The number of halogens is 5. The highest BCUT2D eigenvalue weighted by Crippen LogP contribution is 2.36. The standard InChI is InChI=1S/C23H19BrF4N6O3/c1-3-33-12-14(20(31-33)23(26,27)28)11-32-7-6-29-21(32)17-5-4-16(25)9-18(17)13(2)37-19-8-15(24)10-30-22(19)34(35)36/h4-10,12-13H,3,11H2,1-2H3/t13-/m1/s1. The van der Waals surface area contributed by atoms with E-state index in [2.05, 4.69) is 31.0 Å². The molecule has 194 valence electrons. The third-order valence-electron chi connectivity index (χ3n) is 5.45. The van der Waals surface area contributed by atoms with E-state index in [1.54, 1.807) is 13.8 Å². The van der Waals surface area contributed by atoms with Crippen LogP contribution in [0.2, 0.25) is 0 Å². The van der Waals surface area contributed by atoms with Crippen molar-refractivity contribution in [2.45, 2.75) is 39.2 Å². The van der Waals surface area contributed by atoms with Crippen LogP contribution in [0.4, 0.5) is 23.4 Å². The number of nitro groups is 1. The van der Waals surface area contributed by atoms with E-state index in [1.165, 1.54) is 58.3 Å². The van der Waals surface area contributed by atoms with Crippen LogP contribution in [0.15, 0.2) is 53.5 Å². The zero-order chi connectivity index (χ0) is 26.9. The molecule has 9 nitrogen and oxygen atoms in total. The average Bonchev–Trinajstić information content (AvgIpc) is 3.46. The normalized spacial score (nSPS) is 12.5. The summed E-state index contributed by atoms with van der Waals surface area (Å²) in [6.45, 7) is 3.30. The number of benzene rings is 1. The maximum Gasteiger partial charge on any atom is 0.435 e. The minimum Gasteiger partial charge on any atom is -0.478 e. The van der Waals surface area contributed by atoms with Crippen LogP contribution in [-0.2, 0) is 19.3 Å². The van der Waals surface area contributed by atoms with Crippen LogP contribution in [-0.4, -0.2) is 29.2 Å². The van der Waals surface area contributed by atoms with Gasteiger partial charge in [-0.15, -0.1) is 0 Å². The maximum absolute atomic E-state index is 14.3. The minimum absolute atomic E-state index is 0.0580. The molecule has 0 N–H and O–H groups in total. The van der Waals surface area contributed by atoms with E-state index in [0.29, 0.717) is 10.0 Å². The summed E-state index contributed by atoms with van der Waals surface area (Å²) in [6.07, 6.45) is -0.0831. The minimum atomic E-state index is -4.65. The molecule has 37 heavy (non-hydrogen) atoms. The monoisotopic (exact) mass is 582 g/mol. The lowest BCUT2D eigenvalue weighted by atomic mass is 10.0. The van der Waals surface area contributed by atoms with Gasteiger partial charge in [-0.1, -0.05) is 0 Å². The molecule has 3 aromatic heterocycles. The van der Waals surface area contributed by atoms with Crippen molar-refractivity contribution in [3.63, 3.8) is 0 Å². The molecular formula is C23H19BrF4N6O3. The van der Waals surface area contributed by atoms with E-state index in [0.717, 1.165) is 0 Å². The van der Waals surface area contributed by atoms with Gasteiger partial charge < -0.3 is 19.4 Å². The van der Waals surface area contributed by atoms with Crippen LogP contribution in [0.5, 0.6) is 5.75 Å². The number of ether oxygens (including phenoxy) is 1. The molecule has 0 saturated carbocycles. The first kappa shape index (κ1) is 26.3. The van der Waals surface area contributed by atoms with E-state index in [-0.39, 0.29) is 35.8 Å². The number of aryl methyl sites for hydroxylation is 1. The highest BCUT2D eigenvalue weighted by molar-refractivity contribution is 9.10. The smallest absolute Gasteiger partial charge is 0.435 e. The van der Waals surface area contributed by atoms with Gasteiger partial charge >= 0.3 is 12.0 Å². The lowest BCUT2D eigenvalue weighted by Gasteiger charge is -2.19. The van der Waals surface area contributed by atoms with Crippen LogP contribution in [0.1, 0.15) is 36.8 Å². The van der Waals surface area contributed by atoms with Crippen molar-refractivity contribution in [3.8, 4) is 17.1 Å². The fraction of sp³-hybridized carbons (Fsp3) is 0.261. The quantitative estimate of drug-likeness (QED) is 0.140. The molecule has 1 atom stereocenters. The molecule has 14 heteroatoms. The number of alkyl halides is 3. The first-order chi connectivity index (χ1) is 17.5. The van der Waals surface area contributed by atoms with Gasteiger partial charge in [0.15, 0.2) is 11.9 Å². The molecule has 0 unspecified atom stereocenters. The summed E-state index contributed by atoms with van der Waals surface area (Å²) in [7, 11) is 0. The second kappa shape index (κ2) is 10.3. The number of hydrogen-bond acceptors (Lipinski definition) is 6. The number of pyridine rings is 1. The summed E-state index contributed by atoms with van der Waals surface area (Å²) < 4.78 is 63.9. The number of aromatic nitrogens is 5. The summed E-state index contributed by atoms with van der Waals surface area (Å²) >= 11 is 3.19. The van der Waals surface area contributed by atoms with Gasteiger partial charge in [0.2, 0.25) is 5.75 Å². The van der Waals surface area contributed by atoms with Gasteiger partial charge in [0.05, 0.1) is 11.0 Å². The van der Waals surface area contributed by atoms with Gasteiger partial charge in [-0.25, -0.2) is 9.37 Å². The van der Waals surface area contributed by atoms with E-state index in [9.17, 15) is 27.7 Å². The molecule has 4 rings (SSSR count). The molecule has 0 saturated heterocycles. The van der Waals surface area contributed by atoms with Crippen LogP contribution in [0, 0.1) is 15.9 Å². The number of rotatable bonds is 8. The Labute approximate surface area is 216 Å². The van der Waals surface area contributed by atoms with Crippen molar-refractivity contribution < 1.29 is 27.2 Å². The summed E-state index contributed by atoms with van der Waals surface area (Å²) in [4.78, 5) is 18.7. The van der Waals surface area contributed by atoms with Crippen molar-refractivity contribution in [3.05, 3.63) is 86.3 Å². The molecule has 0 amide bonds. The van der Waals surface area contributed by atoms with E-state index in [4.69, 9.17) is 4.74 Å². The van der Waals surface area contributed by atoms with Gasteiger partial charge in [0, 0.05) is 47.9 Å². The number of nitrogens with zero attached hydrogens (tertiary/aromatic N) is 6. The second-order valence-electron chi connectivity index (χ2n) is 7.96. The predicted octanol–water partition coefficient (Wildman–Crippen LogP) is 6.18. The Bertz CT molecular complexity index is 1450. The van der Waals surface area contributed by atoms with Gasteiger partial charge in [0.1, 0.15) is 17.7 Å². The molecule has 0 bridgehead atoms. The van der Waals surface area contributed by atoms with Gasteiger partial charge in [-0.3, -0.25) is 4.68 Å². The van der Waals surface area contributed by atoms with E-state index < -0.39 is 34.5 Å². The highest BCUT2D eigenvalue weighted by Gasteiger charge is 2.37. The van der Waals surface area contributed by atoms with Crippen molar-refractivity contribution in [2.24, 2.45) is 0 Å². The molecule has 1 aromatic carbocycles. The van der Waals surface area contributed by atoms with Gasteiger partial charge in [0.25, 0.3) is 0 Å². The second-order valence-corrected chi connectivity index (χ2v) is 8.87. The van der Waals surface area contributed by atoms with Crippen molar-refractivity contribution in [1.82, 2.24) is 24.3 Å².